The first-order valence-corrected chi connectivity index (χ1v) is 6.85. The Bertz CT molecular complexity index is 172. The summed E-state index contributed by atoms with van der Waals surface area (Å²) >= 11 is 0. The quantitative estimate of drug-likeness (QED) is 0.728. The zero-order valence-electron chi connectivity index (χ0n) is 11.1. The van der Waals surface area contributed by atoms with E-state index in [-0.39, 0.29) is 0 Å². The molecular weight excluding hydrogens is 182 g/mol. The lowest BCUT2D eigenvalue weighted by molar-refractivity contribution is 0.0727. The maximum Gasteiger partial charge on any atom is -0.00151 e. The molecule has 1 nitrogen and oxygen atoms in total. The average molecular weight is 211 g/mol. The van der Waals surface area contributed by atoms with E-state index in [9.17, 15) is 0 Å². The second-order valence-corrected chi connectivity index (χ2v) is 5.75. The van der Waals surface area contributed by atoms with E-state index in [0.717, 1.165) is 11.8 Å². The highest BCUT2D eigenvalue weighted by atomic mass is 14.9. The zero-order chi connectivity index (χ0) is 11.3. The van der Waals surface area contributed by atoms with Crippen molar-refractivity contribution in [3.63, 3.8) is 0 Å². The van der Waals surface area contributed by atoms with Crippen molar-refractivity contribution in [3.8, 4) is 0 Å². The van der Waals surface area contributed by atoms with Crippen molar-refractivity contribution in [1.82, 2.24) is 5.32 Å². The van der Waals surface area contributed by atoms with Gasteiger partial charge in [-0.3, -0.25) is 0 Å². The fraction of sp³-hybridized carbons (Fsp3) is 1.00. The topological polar surface area (TPSA) is 12.0 Å². The van der Waals surface area contributed by atoms with E-state index in [2.05, 4.69) is 33.0 Å². The molecule has 0 radical (unpaired) electrons. The second-order valence-electron chi connectivity index (χ2n) is 5.75. The summed E-state index contributed by atoms with van der Waals surface area (Å²) in [6.07, 6.45) is 6.96. The minimum absolute atomic E-state index is 0.657. The van der Waals surface area contributed by atoms with Gasteiger partial charge in [0.1, 0.15) is 0 Å². The Hall–Kier alpha value is -0.0400. The summed E-state index contributed by atoms with van der Waals surface area (Å²) in [6, 6.07) is 0. The molecule has 0 aromatic carbocycles. The molecule has 0 aromatic rings. The van der Waals surface area contributed by atoms with E-state index in [1.807, 2.05) is 0 Å². The Morgan fingerprint density at radius 1 is 1.33 bits per heavy atom. The highest BCUT2D eigenvalue weighted by Gasteiger charge is 2.38. The molecule has 0 bridgehead atoms. The van der Waals surface area contributed by atoms with E-state index >= 15 is 0 Å². The number of piperidine rings is 1. The van der Waals surface area contributed by atoms with Crippen LogP contribution in [0.15, 0.2) is 0 Å². The van der Waals surface area contributed by atoms with Crippen molar-refractivity contribution in [2.75, 3.05) is 13.1 Å². The van der Waals surface area contributed by atoms with Crippen LogP contribution in [0, 0.1) is 17.3 Å². The van der Waals surface area contributed by atoms with E-state index in [4.69, 9.17) is 0 Å². The zero-order valence-corrected chi connectivity index (χ0v) is 11.1. The molecule has 1 N–H and O–H groups in total. The Morgan fingerprint density at radius 2 is 2.07 bits per heavy atom. The molecule has 1 rings (SSSR count). The second kappa shape index (κ2) is 5.89. The van der Waals surface area contributed by atoms with Crippen LogP contribution in [0.2, 0.25) is 0 Å². The molecule has 0 spiro atoms. The third-order valence-corrected chi connectivity index (χ3v) is 4.26. The first-order chi connectivity index (χ1) is 7.14. The lowest BCUT2D eigenvalue weighted by atomic mass is 9.64. The molecule has 90 valence electrons. The number of nitrogens with one attached hydrogen (secondary N) is 1. The molecule has 0 aromatic heterocycles. The molecule has 2 unspecified atom stereocenters. The summed E-state index contributed by atoms with van der Waals surface area (Å²) in [6.45, 7) is 12.0. The summed E-state index contributed by atoms with van der Waals surface area (Å²) in [5.41, 5.74) is 0.657. The van der Waals surface area contributed by atoms with E-state index in [1.54, 1.807) is 0 Å². The molecule has 0 saturated carbocycles. The third-order valence-electron chi connectivity index (χ3n) is 4.26. The highest BCUT2D eigenvalue weighted by molar-refractivity contribution is 4.90. The minimum atomic E-state index is 0.657. The fourth-order valence-corrected chi connectivity index (χ4v) is 3.41. The van der Waals surface area contributed by atoms with Crippen LogP contribution in [0.5, 0.6) is 0 Å². The third kappa shape index (κ3) is 3.21. The summed E-state index contributed by atoms with van der Waals surface area (Å²) in [4.78, 5) is 0. The predicted octanol–water partition coefficient (Wildman–Crippen LogP) is 3.84. The maximum atomic E-state index is 3.59. The van der Waals surface area contributed by atoms with Crippen LogP contribution in [0.1, 0.15) is 59.8 Å². The first-order valence-electron chi connectivity index (χ1n) is 6.85. The molecule has 15 heavy (non-hydrogen) atoms. The van der Waals surface area contributed by atoms with Crippen LogP contribution in [0.25, 0.3) is 0 Å². The molecule has 0 amide bonds. The molecule has 1 heteroatoms. The Balaban J connectivity index is 2.68. The van der Waals surface area contributed by atoms with Crippen LogP contribution in [-0.4, -0.2) is 13.1 Å². The van der Waals surface area contributed by atoms with Gasteiger partial charge < -0.3 is 5.32 Å². The minimum Gasteiger partial charge on any atom is -0.316 e. The molecule has 1 heterocycles. The summed E-state index contributed by atoms with van der Waals surface area (Å²) in [7, 11) is 0. The van der Waals surface area contributed by atoms with Crippen molar-refractivity contribution in [1.29, 1.82) is 0 Å². The van der Waals surface area contributed by atoms with Gasteiger partial charge >= 0.3 is 0 Å². The van der Waals surface area contributed by atoms with Crippen LogP contribution in [0.4, 0.5) is 0 Å². The summed E-state index contributed by atoms with van der Waals surface area (Å²) in [5.74, 6) is 1.76. The van der Waals surface area contributed by atoms with Gasteiger partial charge in [0.05, 0.1) is 0 Å². The SMILES string of the molecule is CCCC1(CC)CCNCC1CC(C)C. The van der Waals surface area contributed by atoms with E-state index in [0.29, 0.717) is 5.41 Å². The Kier molecular flexibility index (Phi) is 5.11. The number of hydrogen-bond donors (Lipinski definition) is 1. The van der Waals surface area contributed by atoms with Gasteiger partial charge in [-0.05, 0) is 49.6 Å². The average Bonchev–Trinajstić information content (AvgIpc) is 2.21. The standard InChI is InChI=1S/C14H29N/c1-5-7-14(6-2)8-9-15-11-13(14)10-12(3)4/h12-13,15H,5-11H2,1-4H3. The van der Waals surface area contributed by atoms with Gasteiger partial charge in [0, 0.05) is 0 Å². The van der Waals surface area contributed by atoms with E-state index < -0.39 is 0 Å². The van der Waals surface area contributed by atoms with Crippen molar-refractivity contribution >= 4 is 0 Å². The smallest absolute Gasteiger partial charge is 0.00151 e. The largest absolute Gasteiger partial charge is 0.316 e. The molecule has 1 aliphatic rings. The molecule has 1 aliphatic heterocycles. The van der Waals surface area contributed by atoms with Gasteiger partial charge in [-0.2, -0.15) is 0 Å². The Morgan fingerprint density at radius 3 is 2.60 bits per heavy atom. The van der Waals surface area contributed by atoms with Gasteiger partial charge in [0.2, 0.25) is 0 Å². The molecule has 1 fully saturated rings. The maximum absolute atomic E-state index is 3.59. The number of hydrogen-bond acceptors (Lipinski definition) is 1. The lowest BCUT2D eigenvalue weighted by Crippen LogP contribution is -2.45. The van der Waals surface area contributed by atoms with Crippen molar-refractivity contribution in [3.05, 3.63) is 0 Å². The fourth-order valence-electron chi connectivity index (χ4n) is 3.41. The van der Waals surface area contributed by atoms with Gasteiger partial charge in [0.15, 0.2) is 0 Å². The molecule has 1 saturated heterocycles. The molecule has 0 aliphatic carbocycles. The summed E-state index contributed by atoms with van der Waals surface area (Å²) in [5, 5.41) is 3.59. The molecular formula is C14H29N. The van der Waals surface area contributed by atoms with Crippen molar-refractivity contribution in [2.45, 2.75) is 59.8 Å². The van der Waals surface area contributed by atoms with Crippen LogP contribution < -0.4 is 5.32 Å². The van der Waals surface area contributed by atoms with Gasteiger partial charge in [-0.15, -0.1) is 0 Å². The predicted molar refractivity (Wildman–Crippen MR) is 68.1 cm³/mol. The Labute approximate surface area is 96.0 Å². The van der Waals surface area contributed by atoms with Gasteiger partial charge in [-0.25, -0.2) is 0 Å². The van der Waals surface area contributed by atoms with Gasteiger partial charge in [0.25, 0.3) is 0 Å². The van der Waals surface area contributed by atoms with Crippen molar-refractivity contribution < 1.29 is 0 Å². The van der Waals surface area contributed by atoms with Crippen LogP contribution in [0.3, 0.4) is 0 Å². The lowest BCUT2D eigenvalue weighted by Gasteiger charge is -2.45. The highest BCUT2D eigenvalue weighted by Crippen LogP contribution is 2.44. The first kappa shape index (κ1) is 13.0. The van der Waals surface area contributed by atoms with Crippen molar-refractivity contribution in [2.24, 2.45) is 17.3 Å². The van der Waals surface area contributed by atoms with E-state index in [1.165, 1.54) is 45.2 Å². The summed E-state index contributed by atoms with van der Waals surface area (Å²) < 4.78 is 0. The van der Waals surface area contributed by atoms with Gasteiger partial charge in [-0.1, -0.05) is 40.5 Å². The number of rotatable bonds is 5. The normalized spacial score (nSPS) is 32.2. The monoisotopic (exact) mass is 211 g/mol. The molecule has 2 atom stereocenters. The van der Waals surface area contributed by atoms with Crippen LogP contribution in [-0.2, 0) is 0 Å². The van der Waals surface area contributed by atoms with Crippen LogP contribution >= 0.6 is 0 Å².